The second-order valence-corrected chi connectivity index (χ2v) is 6.45. The van der Waals surface area contributed by atoms with E-state index >= 15 is 0 Å². The first kappa shape index (κ1) is 18.8. The Bertz CT molecular complexity index is 719. The Morgan fingerprint density at radius 1 is 1.22 bits per heavy atom. The Morgan fingerprint density at radius 2 is 1.96 bits per heavy atom. The number of ether oxygens (including phenoxy) is 2. The number of hydrogen-bond donors (Lipinski definition) is 3. The molecule has 1 aromatic rings. The number of carbonyl (C=O) groups is 4. The van der Waals surface area contributed by atoms with Gasteiger partial charge in [0.05, 0.1) is 19.3 Å². The Kier molecular flexibility index (Phi) is 6.02. The van der Waals surface area contributed by atoms with Gasteiger partial charge in [0.2, 0.25) is 11.7 Å². The van der Waals surface area contributed by atoms with Gasteiger partial charge in [-0.05, 0) is 12.0 Å². The summed E-state index contributed by atoms with van der Waals surface area (Å²) >= 11 is 0. The summed E-state index contributed by atoms with van der Waals surface area (Å²) in [6, 6.07) is 7.35. The number of rotatable bonds is 6. The van der Waals surface area contributed by atoms with Crippen molar-refractivity contribution in [2.45, 2.75) is 25.1 Å². The lowest BCUT2D eigenvalue weighted by Crippen LogP contribution is -2.60. The molecule has 2 fully saturated rings. The molecule has 3 N–H and O–H groups in total. The predicted molar refractivity (Wildman–Crippen MR) is 92.4 cm³/mol. The number of alkyl carbamates (subject to hydrolysis) is 1. The molecule has 9 heteroatoms. The first-order chi connectivity index (χ1) is 13.0. The van der Waals surface area contributed by atoms with Crippen molar-refractivity contribution in [3.05, 3.63) is 35.9 Å². The van der Waals surface area contributed by atoms with Crippen molar-refractivity contribution in [3.8, 4) is 0 Å². The molecular weight excluding hydrogens is 354 g/mol. The zero-order valence-corrected chi connectivity index (χ0v) is 14.6. The second-order valence-electron chi connectivity index (χ2n) is 6.45. The molecule has 2 heterocycles. The molecule has 0 aliphatic carbocycles. The SMILES string of the molecule is O=C(NC(C(=O)NC1CCNC(=O)C1=O)C1COC1)OCc1ccccc1. The van der Waals surface area contributed by atoms with Crippen LogP contribution in [-0.2, 0) is 30.5 Å². The van der Waals surface area contributed by atoms with Gasteiger partial charge in [-0.25, -0.2) is 4.79 Å². The summed E-state index contributed by atoms with van der Waals surface area (Å²) in [5, 5.41) is 7.52. The van der Waals surface area contributed by atoms with E-state index in [-0.39, 0.29) is 12.5 Å². The predicted octanol–water partition coefficient (Wildman–Crippen LogP) is -0.498. The number of benzene rings is 1. The van der Waals surface area contributed by atoms with Crippen LogP contribution in [0.5, 0.6) is 0 Å². The van der Waals surface area contributed by atoms with Crippen LogP contribution < -0.4 is 16.0 Å². The minimum atomic E-state index is -0.903. The molecular formula is C18H21N3O6. The zero-order chi connectivity index (χ0) is 19.2. The maximum atomic E-state index is 12.6. The van der Waals surface area contributed by atoms with Crippen molar-refractivity contribution in [2.75, 3.05) is 19.8 Å². The Hall–Kier alpha value is -2.94. The molecule has 27 heavy (non-hydrogen) atoms. The highest BCUT2D eigenvalue weighted by molar-refractivity contribution is 6.39. The molecule has 3 rings (SSSR count). The number of nitrogens with one attached hydrogen (secondary N) is 3. The van der Waals surface area contributed by atoms with Crippen LogP contribution >= 0.6 is 0 Å². The number of Topliss-reactive ketones (excluding diaryl/α,β-unsaturated/α-hetero) is 1. The summed E-state index contributed by atoms with van der Waals surface area (Å²) in [4.78, 5) is 48.0. The number of hydrogen-bond acceptors (Lipinski definition) is 6. The quantitative estimate of drug-likeness (QED) is 0.576. The monoisotopic (exact) mass is 375 g/mol. The van der Waals surface area contributed by atoms with Crippen LogP contribution in [-0.4, -0.2) is 55.5 Å². The second kappa shape index (κ2) is 8.63. The molecule has 1 aromatic carbocycles. The Labute approximate surface area is 155 Å². The molecule has 2 aliphatic heterocycles. The molecule has 2 aliphatic rings. The third-order valence-electron chi connectivity index (χ3n) is 4.48. The van der Waals surface area contributed by atoms with Gasteiger partial charge in [0.1, 0.15) is 12.6 Å². The molecule has 0 spiro atoms. The van der Waals surface area contributed by atoms with Crippen LogP contribution in [0.4, 0.5) is 4.79 Å². The van der Waals surface area contributed by atoms with Gasteiger partial charge in [-0.3, -0.25) is 14.4 Å². The lowest BCUT2D eigenvalue weighted by atomic mass is 9.96. The van der Waals surface area contributed by atoms with Crippen molar-refractivity contribution < 1.29 is 28.7 Å². The highest BCUT2D eigenvalue weighted by Gasteiger charge is 2.38. The van der Waals surface area contributed by atoms with E-state index in [4.69, 9.17) is 9.47 Å². The van der Waals surface area contributed by atoms with Gasteiger partial charge in [0.15, 0.2) is 0 Å². The number of amides is 3. The van der Waals surface area contributed by atoms with Crippen LogP contribution in [0.3, 0.4) is 0 Å². The molecule has 2 unspecified atom stereocenters. The van der Waals surface area contributed by atoms with E-state index in [1.54, 1.807) is 0 Å². The van der Waals surface area contributed by atoms with Crippen LogP contribution in [0.2, 0.25) is 0 Å². The van der Waals surface area contributed by atoms with Crippen molar-refractivity contribution in [1.82, 2.24) is 16.0 Å². The van der Waals surface area contributed by atoms with Crippen molar-refractivity contribution in [3.63, 3.8) is 0 Å². The fraction of sp³-hybridized carbons (Fsp3) is 0.444. The Balaban J connectivity index is 1.56. The van der Waals surface area contributed by atoms with E-state index in [1.807, 2.05) is 30.3 Å². The standard InChI is InChI=1S/C18H21N3O6/c22-15-13(6-7-19-17(15)24)20-16(23)14(12-9-26-10-12)21-18(25)27-8-11-4-2-1-3-5-11/h1-5,12-14H,6-10H2,(H,19,24)(H,20,23)(H,21,25). The van der Waals surface area contributed by atoms with E-state index < -0.39 is 35.8 Å². The minimum Gasteiger partial charge on any atom is -0.445 e. The van der Waals surface area contributed by atoms with E-state index in [1.165, 1.54) is 0 Å². The number of carbonyl (C=O) groups excluding carboxylic acids is 4. The topological polar surface area (TPSA) is 123 Å². The summed E-state index contributed by atoms with van der Waals surface area (Å²) in [6.07, 6.45) is -0.429. The maximum absolute atomic E-state index is 12.6. The van der Waals surface area contributed by atoms with Gasteiger partial charge in [0.25, 0.3) is 5.91 Å². The lowest BCUT2D eigenvalue weighted by molar-refractivity contribution is -0.142. The van der Waals surface area contributed by atoms with Crippen molar-refractivity contribution >= 4 is 23.7 Å². The molecule has 0 bridgehead atoms. The average molecular weight is 375 g/mol. The number of ketones is 1. The molecule has 2 atom stereocenters. The van der Waals surface area contributed by atoms with Gasteiger partial charge < -0.3 is 25.4 Å². The summed E-state index contributed by atoms with van der Waals surface area (Å²) < 4.78 is 10.3. The van der Waals surface area contributed by atoms with E-state index in [2.05, 4.69) is 16.0 Å². The third kappa shape index (κ3) is 4.82. The van der Waals surface area contributed by atoms with Crippen molar-refractivity contribution in [1.29, 1.82) is 0 Å². The highest BCUT2D eigenvalue weighted by atomic mass is 16.5. The van der Waals surface area contributed by atoms with Crippen LogP contribution in [0, 0.1) is 5.92 Å². The molecule has 2 saturated heterocycles. The summed E-state index contributed by atoms with van der Waals surface area (Å²) in [5.74, 6) is -2.16. The minimum absolute atomic E-state index is 0.0729. The Morgan fingerprint density at radius 3 is 2.63 bits per heavy atom. The molecule has 0 radical (unpaired) electrons. The fourth-order valence-corrected chi connectivity index (χ4v) is 2.84. The van der Waals surface area contributed by atoms with Gasteiger partial charge in [0, 0.05) is 12.5 Å². The summed E-state index contributed by atoms with van der Waals surface area (Å²) in [6.45, 7) is 1.01. The van der Waals surface area contributed by atoms with E-state index in [0.29, 0.717) is 26.2 Å². The van der Waals surface area contributed by atoms with E-state index in [9.17, 15) is 19.2 Å². The normalized spacial score (nSPS) is 20.8. The highest BCUT2D eigenvalue weighted by Crippen LogP contribution is 2.16. The van der Waals surface area contributed by atoms with E-state index in [0.717, 1.165) is 5.56 Å². The van der Waals surface area contributed by atoms with Crippen LogP contribution in [0.1, 0.15) is 12.0 Å². The van der Waals surface area contributed by atoms with Gasteiger partial charge >= 0.3 is 6.09 Å². The lowest BCUT2D eigenvalue weighted by Gasteiger charge is -2.34. The van der Waals surface area contributed by atoms with Crippen LogP contribution in [0.15, 0.2) is 30.3 Å². The molecule has 9 nitrogen and oxygen atoms in total. The summed E-state index contributed by atoms with van der Waals surface area (Å²) in [5.41, 5.74) is 0.819. The van der Waals surface area contributed by atoms with Gasteiger partial charge in [-0.1, -0.05) is 30.3 Å². The number of piperidine rings is 1. The molecule has 0 saturated carbocycles. The van der Waals surface area contributed by atoms with Gasteiger partial charge in [-0.15, -0.1) is 0 Å². The zero-order valence-electron chi connectivity index (χ0n) is 14.6. The average Bonchev–Trinajstić information content (AvgIpc) is 2.62. The molecule has 144 valence electrons. The first-order valence-corrected chi connectivity index (χ1v) is 8.72. The smallest absolute Gasteiger partial charge is 0.408 e. The first-order valence-electron chi connectivity index (χ1n) is 8.72. The summed E-state index contributed by atoms with van der Waals surface area (Å²) in [7, 11) is 0. The third-order valence-corrected chi connectivity index (χ3v) is 4.48. The maximum Gasteiger partial charge on any atom is 0.408 e. The molecule has 0 aromatic heterocycles. The largest absolute Gasteiger partial charge is 0.445 e. The van der Waals surface area contributed by atoms with Gasteiger partial charge in [-0.2, -0.15) is 0 Å². The van der Waals surface area contributed by atoms with Crippen molar-refractivity contribution in [2.24, 2.45) is 5.92 Å². The van der Waals surface area contributed by atoms with Crippen LogP contribution in [0.25, 0.3) is 0 Å². The fourth-order valence-electron chi connectivity index (χ4n) is 2.84. The molecule has 3 amide bonds.